The largest absolute Gasteiger partial charge is 0.426 e. The van der Waals surface area contributed by atoms with Crippen molar-refractivity contribution in [1.82, 2.24) is 5.32 Å². The molecule has 0 spiro atoms. The third-order valence-corrected chi connectivity index (χ3v) is 5.31. The SMILES string of the molecule is CNC(=O)C1=NC(c2ccc(B3CC(C)(C)C(C)(C)O3)cc2)=C1.[CH3-].[Sm]. The molecule has 4 nitrogen and oxygen atoms in total. The molecule has 25 heavy (non-hydrogen) atoms. The first-order valence-corrected chi connectivity index (χ1v) is 8.04. The fraction of sp³-hybridized carbons (Fsp3) is 0.421. The van der Waals surface area contributed by atoms with E-state index >= 15 is 0 Å². The molecule has 1 aromatic rings. The minimum atomic E-state index is -0.144. The Bertz CT molecular complexity index is 693. The zero-order chi connectivity index (χ0) is 16.8. The summed E-state index contributed by atoms with van der Waals surface area (Å²) < 4.78 is 6.26. The van der Waals surface area contributed by atoms with Gasteiger partial charge in [-0.25, -0.2) is 4.99 Å². The molecule has 2 heterocycles. The van der Waals surface area contributed by atoms with Crippen LogP contribution in [0.3, 0.4) is 0 Å². The Kier molecular flexibility index (Phi) is 7.20. The van der Waals surface area contributed by atoms with Gasteiger partial charge in [-0.05, 0) is 37.1 Å². The third kappa shape index (κ3) is 4.24. The first-order chi connectivity index (χ1) is 10.7. The summed E-state index contributed by atoms with van der Waals surface area (Å²) in [4.78, 5) is 15.7. The number of benzene rings is 1. The van der Waals surface area contributed by atoms with Crippen molar-refractivity contribution in [3.63, 3.8) is 0 Å². The molecular weight excluding hydrogens is 449 g/mol. The molecule has 1 saturated heterocycles. The first-order valence-electron chi connectivity index (χ1n) is 8.04. The monoisotopic (exact) mass is 477 g/mol. The molecule has 6 heteroatoms. The van der Waals surface area contributed by atoms with Gasteiger partial charge in [-0.15, -0.1) is 0 Å². The van der Waals surface area contributed by atoms with Crippen LogP contribution in [0.2, 0.25) is 6.32 Å². The van der Waals surface area contributed by atoms with Gasteiger partial charge < -0.3 is 17.4 Å². The normalized spacial score (nSPS) is 19.6. The Morgan fingerprint density at radius 3 is 2.20 bits per heavy atom. The van der Waals surface area contributed by atoms with Crippen molar-refractivity contribution >= 4 is 29.7 Å². The van der Waals surface area contributed by atoms with Crippen molar-refractivity contribution < 1.29 is 49.8 Å². The van der Waals surface area contributed by atoms with E-state index in [0.717, 1.165) is 17.6 Å². The Hall–Kier alpha value is -0.537. The van der Waals surface area contributed by atoms with Gasteiger partial charge in [-0.2, -0.15) is 0 Å². The Morgan fingerprint density at radius 2 is 1.76 bits per heavy atom. The number of amides is 1. The second kappa shape index (κ2) is 8.00. The number of hydrogen-bond donors (Lipinski definition) is 1. The third-order valence-electron chi connectivity index (χ3n) is 5.31. The van der Waals surface area contributed by atoms with E-state index < -0.39 is 0 Å². The topological polar surface area (TPSA) is 50.7 Å². The smallest absolute Gasteiger partial charge is 0.327 e. The van der Waals surface area contributed by atoms with Crippen LogP contribution in [0.25, 0.3) is 5.70 Å². The molecule has 3 rings (SSSR count). The van der Waals surface area contributed by atoms with Crippen molar-refractivity contribution in [1.29, 1.82) is 0 Å². The van der Waals surface area contributed by atoms with Crippen LogP contribution in [-0.4, -0.2) is 31.2 Å². The van der Waals surface area contributed by atoms with Crippen LogP contribution in [0.5, 0.6) is 0 Å². The maximum atomic E-state index is 11.4. The molecule has 134 valence electrons. The summed E-state index contributed by atoms with van der Waals surface area (Å²) >= 11 is 0. The van der Waals surface area contributed by atoms with Gasteiger partial charge in [0, 0.05) is 53.0 Å². The fourth-order valence-corrected chi connectivity index (χ4v) is 2.97. The van der Waals surface area contributed by atoms with E-state index in [1.165, 1.54) is 5.46 Å². The van der Waals surface area contributed by atoms with E-state index in [0.29, 0.717) is 5.71 Å². The molecule has 0 atom stereocenters. The molecular formula is C19H26BN2O2Sm-. The summed E-state index contributed by atoms with van der Waals surface area (Å²) in [5.41, 5.74) is 3.58. The molecule has 1 N–H and O–H groups in total. The van der Waals surface area contributed by atoms with E-state index in [1.54, 1.807) is 7.05 Å². The molecule has 0 aliphatic carbocycles. The summed E-state index contributed by atoms with van der Waals surface area (Å²) in [5, 5.41) is 2.57. The average molecular weight is 476 g/mol. The number of carbonyl (C=O) groups is 1. The van der Waals surface area contributed by atoms with Gasteiger partial charge in [0.25, 0.3) is 5.91 Å². The maximum absolute atomic E-state index is 11.4. The number of hydrogen-bond acceptors (Lipinski definition) is 3. The van der Waals surface area contributed by atoms with Gasteiger partial charge >= 0.3 is 6.92 Å². The zero-order valence-corrected chi connectivity index (χ0v) is 18.5. The molecule has 1 fully saturated rings. The van der Waals surface area contributed by atoms with Crippen molar-refractivity contribution in [3.8, 4) is 0 Å². The Labute approximate surface area is 184 Å². The van der Waals surface area contributed by atoms with Gasteiger partial charge in [0.05, 0.1) is 11.3 Å². The van der Waals surface area contributed by atoms with Crippen LogP contribution in [-0.2, 0) is 9.45 Å². The Morgan fingerprint density at radius 1 is 1.20 bits per heavy atom. The van der Waals surface area contributed by atoms with Crippen molar-refractivity contribution in [2.24, 2.45) is 10.4 Å². The number of nitrogens with zero attached hydrogens (tertiary/aromatic N) is 1. The van der Waals surface area contributed by atoms with Gasteiger partial charge in [0.15, 0.2) is 0 Å². The molecule has 1 aromatic carbocycles. The molecule has 0 aromatic heterocycles. The molecule has 0 bridgehead atoms. The number of nitrogens with one attached hydrogen (secondary N) is 1. The van der Waals surface area contributed by atoms with E-state index in [2.05, 4.69) is 50.1 Å². The molecule has 0 radical (unpaired) electrons. The molecule has 0 saturated carbocycles. The Balaban J connectivity index is 0.00000156. The molecule has 2 aliphatic heterocycles. The standard InChI is InChI=1S/C18H23BN2O2.CH3.Sm/c1-17(2)11-19(23-18(17,3)4)13-8-6-12(7-9-13)14-10-15(21-14)16(22)20-5;;/h6-10H,11H2,1-5H3,(H,20,22);1H3;/q;-1;. The van der Waals surface area contributed by atoms with Gasteiger partial charge in [0.1, 0.15) is 5.71 Å². The van der Waals surface area contributed by atoms with E-state index in [9.17, 15) is 4.79 Å². The summed E-state index contributed by atoms with van der Waals surface area (Å²) in [6.07, 6.45) is 2.83. The molecule has 2 aliphatic rings. The maximum Gasteiger partial charge on any atom is 0.327 e. The number of rotatable bonds is 3. The predicted octanol–water partition coefficient (Wildman–Crippen LogP) is 2.71. The average Bonchev–Trinajstić information content (AvgIpc) is 2.66. The quantitative estimate of drug-likeness (QED) is 0.540. The summed E-state index contributed by atoms with van der Waals surface area (Å²) in [7, 11) is 1.61. The van der Waals surface area contributed by atoms with Gasteiger partial charge in [-0.3, -0.25) is 4.79 Å². The van der Waals surface area contributed by atoms with Crippen LogP contribution >= 0.6 is 0 Å². The van der Waals surface area contributed by atoms with E-state index in [1.807, 2.05) is 18.2 Å². The zero-order valence-electron chi connectivity index (χ0n) is 15.8. The number of aliphatic imine (C=N–C) groups is 1. The van der Waals surface area contributed by atoms with Gasteiger partial charge in [0.2, 0.25) is 0 Å². The minimum absolute atomic E-state index is 0. The van der Waals surface area contributed by atoms with Crippen LogP contribution in [0.1, 0.15) is 33.3 Å². The van der Waals surface area contributed by atoms with Crippen molar-refractivity contribution in [3.05, 3.63) is 43.3 Å². The van der Waals surface area contributed by atoms with E-state index in [4.69, 9.17) is 4.65 Å². The molecule has 0 unspecified atom stereocenters. The fourth-order valence-electron chi connectivity index (χ4n) is 2.97. The minimum Gasteiger partial charge on any atom is -0.426 e. The van der Waals surface area contributed by atoms with E-state index in [-0.39, 0.29) is 71.7 Å². The first kappa shape index (κ1) is 22.5. The molecule has 1 amide bonds. The second-order valence-electron chi connectivity index (χ2n) is 7.43. The van der Waals surface area contributed by atoms with Crippen molar-refractivity contribution in [2.75, 3.05) is 7.05 Å². The summed E-state index contributed by atoms with van der Waals surface area (Å²) in [6.45, 7) is 8.98. The van der Waals surface area contributed by atoms with Crippen molar-refractivity contribution in [2.45, 2.75) is 39.6 Å². The second-order valence-corrected chi connectivity index (χ2v) is 7.43. The van der Waals surface area contributed by atoms with Crippen LogP contribution in [0.15, 0.2) is 35.3 Å². The van der Waals surface area contributed by atoms with Crippen LogP contribution < -0.4 is 10.8 Å². The summed E-state index contributed by atoms with van der Waals surface area (Å²) in [6, 6.07) is 8.30. The number of carbonyl (C=O) groups excluding carboxylic acids is 1. The van der Waals surface area contributed by atoms with Crippen LogP contribution in [0, 0.1) is 53.2 Å². The summed E-state index contributed by atoms with van der Waals surface area (Å²) in [5.74, 6) is -0.144. The predicted molar refractivity (Wildman–Crippen MR) is 101 cm³/mol. The van der Waals surface area contributed by atoms with Crippen LogP contribution in [0.4, 0.5) is 0 Å². The van der Waals surface area contributed by atoms with Gasteiger partial charge in [-0.1, -0.05) is 38.1 Å².